The van der Waals surface area contributed by atoms with E-state index >= 15 is 0 Å². The van der Waals surface area contributed by atoms with Gasteiger partial charge in [0.15, 0.2) is 5.16 Å². The highest BCUT2D eigenvalue weighted by molar-refractivity contribution is 7.98. The zero-order valence-corrected chi connectivity index (χ0v) is 20.5. The van der Waals surface area contributed by atoms with E-state index < -0.39 is 20.7 Å². The Morgan fingerprint density at radius 2 is 1.52 bits per heavy atom. The first kappa shape index (κ1) is 24.8. The van der Waals surface area contributed by atoms with Crippen LogP contribution in [-0.2, 0) is 27.2 Å². The highest BCUT2D eigenvalue weighted by atomic mass is 32.2. The monoisotopic (exact) mass is 483 g/mol. The summed E-state index contributed by atoms with van der Waals surface area (Å²) in [6.07, 6.45) is 1.85. The number of thiophene rings is 1. The third-order valence-corrected chi connectivity index (χ3v) is 10.7. The fourth-order valence-corrected chi connectivity index (χ4v) is 8.62. The molecule has 2 aromatic heterocycles. The molecule has 0 fully saturated rings. The number of hydrogen-bond donors (Lipinski definition) is 1. The van der Waals surface area contributed by atoms with E-state index in [9.17, 15) is 9.13 Å². The molecule has 2 rings (SSSR count). The maximum absolute atomic E-state index is 13.7. The van der Waals surface area contributed by atoms with Crippen LogP contribution in [0.25, 0.3) is 10.2 Å². The second-order valence-corrected chi connectivity index (χ2v) is 11.8. The van der Waals surface area contributed by atoms with Crippen molar-refractivity contribution in [2.24, 2.45) is 0 Å². The summed E-state index contributed by atoms with van der Waals surface area (Å²) in [5.41, 5.74) is -0.661. The Bertz CT molecular complexity index is 847. The maximum Gasteiger partial charge on any atom is 0.365 e. The van der Waals surface area contributed by atoms with Gasteiger partial charge in [0.2, 0.25) is 5.52 Å². The summed E-state index contributed by atoms with van der Waals surface area (Å²) in [5, 5.41) is 5.41. The summed E-state index contributed by atoms with van der Waals surface area (Å²) < 4.78 is 50.0. The molecule has 0 aliphatic carbocycles. The fraction of sp³-hybridized carbons (Fsp3) is 0.625. The molecule has 0 bridgehead atoms. The fourth-order valence-electron chi connectivity index (χ4n) is 2.56. The molecular formula is C16H27N3O6P2S2. The number of thioether (sulfide) groups is 1. The molecule has 0 amide bonds. The summed E-state index contributed by atoms with van der Waals surface area (Å²) in [5.74, 6) is 0.374. The Balaban J connectivity index is 2.63. The zero-order chi connectivity index (χ0) is 21.5. The van der Waals surface area contributed by atoms with Crippen molar-refractivity contribution in [1.82, 2.24) is 9.97 Å². The van der Waals surface area contributed by atoms with Gasteiger partial charge < -0.3 is 23.4 Å². The van der Waals surface area contributed by atoms with E-state index in [1.807, 2.05) is 17.7 Å². The van der Waals surface area contributed by atoms with Crippen molar-refractivity contribution in [2.75, 3.05) is 38.0 Å². The molecule has 2 aromatic rings. The van der Waals surface area contributed by atoms with Gasteiger partial charge in [0.05, 0.1) is 36.6 Å². The Morgan fingerprint density at radius 3 is 1.97 bits per heavy atom. The normalized spacial score (nSPS) is 12.8. The molecule has 0 aliphatic heterocycles. The number of nitrogens with zero attached hydrogens (tertiary/aromatic N) is 2. The van der Waals surface area contributed by atoms with Gasteiger partial charge in [-0.2, -0.15) is 0 Å². The van der Waals surface area contributed by atoms with E-state index in [0.29, 0.717) is 11.0 Å². The Hall–Kier alpha value is -0.510. The lowest BCUT2D eigenvalue weighted by Gasteiger charge is -2.32. The van der Waals surface area contributed by atoms with Crippen LogP contribution >= 0.6 is 38.3 Å². The first-order valence-corrected chi connectivity index (χ1v) is 14.5. The highest BCUT2D eigenvalue weighted by Crippen LogP contribution is 2.70. The van der Waals surface area contributed by atoms with E-state index in [1.54, 1.807) is 27.7 Å². The van der Waals surface area contributed by atoms with Crippen molar-refractivity contribution in [3.63, 3.8) is 0 Å². The molecule has 9 nitrogen and oxygen atoms in total. The van der Waals surface area contributed by atoms with Gasteiger partial charge in [0.25, 0.3) is 0 Å². The Morgan fingerprint density at radius 1 is 1.00 bits per heavy atom. The van der Waals surface area contributed by atoms with Gasteiger partial charge >= 0.3 is 15.2 Å². The average molecular weight is 483 g/mol. The van der Waals surface area contributed by atoms with Crippen LogP contribution in [0.4, 0.5) is 5.82 Å². The van der Waals surface area contributed by atoms with Crippen LogP contribution in [0.2, 0.25) is 0 Å². The molecule has 13 heteroatoms. The second kappa shape index (κ2) is 11.2. The van der Waals surface area contributed by atoms with Crippen molar-refractivity contribution in [3.05, 3.63) is 11.4 Å². The molecule has 0 aromatic carbocycles. The van der Waals surface area contributed by atoms with Crippen LogP contribution in [0.5, 0.6) is 0 Å². The molecule has 0 saturated carbocycles. The molecule has 0 radical (unpaired) electrons. The lowest BCUT2D eigenvalue weighted by molar-refractivity contribution is 0.198. The lowest BCUT2D eigenvalue weighted by atomic mass is 10.4. The van der Waals surface area contributed by atoms with Gasteiger partial charge in [-0.3, -0.25) is 9.13 Å². The van der Waals surface area contributed by atoms with Crippen LogP contribution in [0.1, 0.15) is 27.7 Å². The van der Waals surface area contributed by atoms with E-state index in [1.165, 1.54) is 23.1 Å². The summed E-state index contributed by atoms with van der Waals surface area (Å²) in [7, 11) is -7.89. The van der Waals surface area contributed by atoms with E-state index in [0.717, 1.165) is 10.2 Å². The number of rotatable bonds is 13. The number of nitrogens with one attached hydrogen (secondary N) is 1. The van der Waals surface area contributed by atoms with E-state index in [2.05, 4.69) is 15.3 Å². The molecule has 0 aliphatic rings. The quantitative estimate of drug-likeness (QED) is 0.218. The number of hydrogen-bond acceptors (Lipinski definition) is 11. The number of anilines is 1. The molecule has 1 N–H and O–H groups in total. The van der Waals surface area contributed by atoms with Crippen molar-refractivity contribution in [3.8, 4) is 0 Å². The first-order valence-electron chi connectivity index (χ1n) is 9.20. The smallest absolute Gasteiger partial charge is 0.345 e. The topological polar surface area (TPSA) is 109 Å². The summed E-state index contributed by atoms with van der Waals surface area (Å²) in [6.45, 7) is 7.13. The standard InChI is InChI=1S/C16H27N3O6P2S2/c1-6-22-26(20,23-7-2)16(27(21,24-8-3)25-9-4)19-14-13-12(10-11-29-13)17-15(18-14)28-5/h10-11,16H,6-9H2,1-5H3,(H,17,18,19). The minimum atomic E-state index is -3.95. The Labute approximate surface area is 179 Å². The van der Waals surface area contributed by atoms with Crippen LogP contribution in [0.15, 0.2) is 16.6 Å². The molecule has 2 heterocycles. The number of fused-ring (bicyclic) bond motifs is 1. The second-order valence-electron chi connectivity index (χ2n) is 5.46. The minimum absolute atomic E-state index is 0.0992. The third-order valence-electron chi connectivity index (χ3n) is 3.57. The van der Waals surface area contributed by atoms with Gasteiger partial charge in [-0.25, -0.2) is 9.97 Å². The molecular weight excluding hydrogens is 456 g/mol. The molecule has 0 spiro atoms. The minimum Gasteiger partial charge on any atom is -0.345 e. The molecule has 0 saturated heterocycles. The van der Waals surface area contributed by atoms with Gasteiger partial charge in [0, 0.05) is 0 Å². The average Bonchev–Trinajstić information content (AvgIpc) is 3.15. The maximum atomic E-state index is 13.7. The van der Waals surface area contributed by atoms with E-state index in [-0.39, 0.29) is 26.4 Å². The summed E-state index contributed by atoms with van der Waals surface area (Å²) in [6, 6.07) is 1.86. The highest BCUT2D eigenvalue weighted by Gasteiger charge is 2.51. The summed E-state index contributed by atoms with van der Waals surface area (Å²) >= 11 is 2.77. The van der Waals surface area contributed by atoms with Crippen LogP contribution in [-0.4, -0.2) is 48.2 Å². The predicted octanol–water partition coefficient (Wildman–Crippen LogP) is 5.64. The van der Waals surface area contributed by atoms with Gasteiger partial charge in [-0.15, -0.1) is 11.3 Å². The Kier molecular flexibility index (Phi) is 9.57. The van der Waals surface area contributed by atoms with Crippen LogP contribution in [0.3, 0.4) is 0 Å². The SMILES string of the molecule is CCOP(=O)(OCC)C(Nc1nc(SC)nc2ccsc12)P(=O)(OCC)OCC. The summed E-state index contributed by atoms with van der Waals surface area (Å²) in [4.78, 5) is 8.94. The molecule has 0 unspecified atom stereocenters. The van der Waals surface area contributed by atoms with Gasteiger partial charge in [-0.1, -0.05) is 11.8 Å². The van der Waals surface area contributed by atoms with E-state index in [4.69, 9.17) is 18.1 Å². The van der Waals surface area contributed by atoms with Crippen LogP contribution < -0.4 is 5.32 Å². The first-order chi connectivity index (χ1) is 13.9. The van der Waals surface area contributed by atoms with Crippen molar-refractivity contribution < 1.29 is 27.2 Å². The van der Waals surface area contributed by atoms with Crippen molar-refractivity contribution in [2.45, 2.75) is 38.4 Å². The lowest BCUT2D eigenvalue weighted by Crippen LogP contribution is -2.26. The van der Waals surface area contributed by atoms with Crippen LogP contribution in [0, 0.1) is 0 Å². The molecule has 164 valence electrons. The largest absolute Gasteiger partial charge is 0.365 e. The van der Waals surface area contributed by atoms with Crippen molar-refractivity contribution >= 4 is 54.3 Å². The molecule has 29 heavy (non-hydrogen) atoms. The predicted molar refractivity (Wildman–Crippen MR) is 118 cm³/mol. The van der Waals surface area contributed by atoms with Gasteiger partial charge in [0.1, 0.15) is 5.82 Å². The zero-order valence-electron chi connectivity index (χ0n) is 17.1. The van der Waals surface area contributed by atoms with Gasteiger partial charge in [-0.05, 0) is 45.4 Å². The third kappa shape index (κ3) is 5.80. The molecule has 0 atom stereocenters. The number of aromatic nitrogens is 2. The van der Waals surface area contributed by atoms with Crippen molar-refractivity contribution in [1.29, 1.82) is 0 Å².